The first-order valence-electron chi connectivity index (χ1n) is 7.53. The van der Waals surface area contributed by atoms with Gasteiger partial charge in [0.05, 0.1) is 11.3 Å². The van der Waals surface area contributed by atoms with Crippen molar-refractivity contribution in [1.82, 2.24) is 9.88 Å². The molecule has 0 aromatic carbocycles. The first-order valence-corrected chi connectivity index (χ1v) is 7.53. The van der Waals surface area contributed by atoms with Gasteiger partial charge in [-0.2, -0.15) is 0 Å². The molecule has 1 unspecified atom stereocenters. The van der Waals surface area contributed by atoms with Gasteiger partial charge in [-0.25, -0.2) is 4.79 Å². The third kappa shape index (κ3) is 4.36. The highest BCUT2D eigenvalue weighted by Gasteiger charge is 2.25. The second kappa shape index (κ2) is 7.31. The Morgan fingerprint density at radius 1 is 1.48 bits per heavy atom. The van der Waals surface area contributed by atoms with Crippen molar-refractivity contribution in [3.63, 3.8) is 0 Å². The number of carboxylic acids is 1. The van der Waals surface area contributed by atoms with E-state index in [1.807, 2.05) is 6.92 Å². The van der Waals surface area contributed by atoms with E-state index in [4.69, 9.17) is 5.11 Å². The number of hydrogen-bond acceptors (Lipinski definition) is 4. The number of pyridine rings is 1. The number of ketones is 1. The van der Waals surface area contributed by atoms with Crippen molar-refractivity contribution >= 4 is 11.8 Å². The van der Waals surface area contributed by atoms with Gasteiger partial charge in [0.1, 0.15) is 5.78 Å². The minimum absolute atomic E-state index is 0.126. The van der Waals surface area contributed by atoms with Crippen LogP contribution in [-0.2, 0) is 11.3 Å². The highest BCUT2D eigenvalue weighted by Crippen LogP contribution is 2.20. The molecule has 0 bridgehead atoms. The number of carboxylic acid groups (broad SMARTS) is 1. The third-order valence-electron chi connectivity index (χ3n) is 3.91. The van der Waals surface area contributed by atoms with E-state index in [-0.39, 0.29) is 11.5 Å². The molecule has 2 rings (SSSR count). The van der Waals surface area contributed by atoms with Crippen LogP contribution in [0.3, 0.4) is 0 Å². The van der Waals surface area contributed by atoms with Gasteiger partial charge in [-0.3, -0.25) is 14.7 Å². The number of piperidine rings is 1. The lowest BCUT2D eigenvalue weighted by molar-refractivity contribution is -0.124. The Balaban J connectivity index is 1.97. The van der Waals surface area contributed by atoms with Gasteiger partial charge in [-0.1, -0.05) is 6.92 Å². The molecule has 114 valence electrons. The zero-order chi connectivity index (χ0) is 15.2. The van der Waals surface area contributed by atoms with Crippen molar-refractivity contribution in [3.05, 3.63) is 29.6 Å². The quantitative estimate of drug-likeness (QED) is 0.871. The van der Waals surface area contributed by atoms with Crippen LogP contribution in [-0.4, -0.2) is 39.8 Å². The van der Waals surface area contributed by atoms with Crippen LogP contribution in [0.25, 0.3) is 0 Å². The van der Waals surface area contributed by atoms with Crippen LogP contribution in [0.2, 0.25) is 0 Å². The van der Waals surface area contributed by atoms with E-state index in [1.54, 1.807) is 6.07 Å². The van der Waals surface area contributed by atoms with Crippen molar-refractivity contribution in [2.45, 2.75) is 39.2 Å². The number of carbonyl (C=O) groups is 2. The van der Waals surface area contributed by atoms with Gasteiger partial charge < -0.3 is 5.11 Å². The third-order valence-corrected chi connectivity index (χ3v) is 3.91. The molecule has 1 fully saturated rings. The summed E-state index contributed by atoms with van der Waals surface area (Å²) in [6.07, 6.45) is 5.07. The summed E-state index contributed by atoms with van der Waals surface area (Å²) in [5, 5.41) is 9.00. The van der Waals surface area contributed by atoms with Gasteiger partial charge in [0.2, 0.25) is 0 Å². The molecule has 5 nitrogen and oxygen atoms in total. The predicted molar refractivity (Wildman–Crippen MR) is 79.1 cm³/mol. The van der Waals surface area contributed by atoms with Gasteiger partial charge in [-0.05, 0) is 37.9 Å². The first-order chi connectivity index (χ1) is 10.1. The smallest absolute Gasteiger partial charge is 0.335 e. The normalized spacial score (nSPS) is 19.4. The fraction of sp³-hybridized carbons (Fsp3) is 0.562. The molecule has 1 N–H and O–H groups in total. The Morgan fingerprint density at radius 2 is 2.29 bits per heavy atom. The predicted octanol–water partition coefficient (Wildman–Crippen LogP) is 2.36. The number of likely N-dealkylation sites (tertiary alicyclic amines) is 1. The average Bonchev–Trinajstić information content (AvgIpc) is 2.48. The first kappa shape index (κ1) is 15.6. The summed E-state index contributed by atoms with van der Waals surface area (Å²) >= 11 is 0. The summed E-state index contributed by atoms with van der Waals surface area (Å²) in [4.78, 5) is 29.4. The van der Waals surface area contributed by atoms with E-state index in [9.17, 15) is 9.59 Å². The summed E-state index contributed by atoms with van der Waals surface area (Å²) in [6, 6.07) is 3.11. The molecule has 1 atom stereocenters. The fourth-order valence-electron chi connectivity index (χ4n) is 2.84. The highest BCUT2D eigenvalue weighted by atomic mass is 16.4. The molecule has 1 saturated heterocycles. The van der Waals surface area contributed by atoms with Crippen molar-refractivity contribution in [3.8, 4) is 0 Å². The van der Waals surface area contributed by atoms with E-state index in [0.717, 1.165) is 38.0 Å². The number of hydrogen-bond donors (Lipinski definition) is 1. The Morgan fingerprint density at radius 3 is 3.00 bits per heavy atom. The van der Waals surface area contributed by atoms with E-state index in [0.29, 0.717) is 18.7 Å². The second-order valence-corrected chi connectivity index (χ2v) is 5.63. The van der Waals surface area contributed by atoms with E-state index < -0.39 is 5.97 Å². The van der Waals surface area contributed by atoms with Crippen LogP contribution in [0.4, 0.5) is 0 Å². The van der Waals surface area contributed by atoms with Crippen LogP contribution >= 0.6 is 0 Å². The van der Waals surface area contributed by atoms with E-state index >= 15 is 0 Å². The van der Waals surface area contributed by atoms with Crippen molar-refractivity contribution in [2.24, 2.45) is 5.92 Å². The highest BCUT2D eigenvalue weighted by molar-refractivity contribution is 5.87. The van der Waals surface area contributed by atoms with Crippen LogP contribution in [0.1, 0.15) is 48.7 Å². The van der Waals surface area contributed by atoms with Crippen molar-refractivity contribution in [2.75, 3.05) is 13.1 Å². The molecule has 0 aliphatic carbocycles. The zero-order valence-electron chi connectivity index (χ0n) is 12.4. The lowest BCUT2D eigenvalue weighted by atomic mass is 9.91. The molecule has 0 spiro atoms. The maximum atomic E-state index is 12.0. The van der Waals surface area contributed by atoms with Gasteiger partial charge in [0.25, 0.3) is 0 Å². The van der Waals surface area contributed by atoms with Gasteiger partial charge in [0, 0.05) is 31.6 Å². The molecule has 0 amide bonds. The molecular formula is C16H22N2O3. The molecule has 1 aliphatic heterocycles. The number of carbonyl (C=O) groups excluding carboxylic acids is 1. The van der Waals surface area contributed by atoms with Gasteiger partial charge in [-0.15, -0.1) is 0 Å². The summed E-state index contributed by atoms with van der Waals surface area (Å²) < 4.78 is 0. The monoisotopic (exact) mass is 290 g/mol. The van der Waals surface area contributed by atoms with Crippen molar-refractivity contribution in [1.29, 1.82) is 0 Å². The standard InChI is InChI=1S/C16H22N2O3/c1-2-4-15(19)13-5-3-8-18(10-13)11-14-9-12(16(20)21)6-7-17-14/h6-7,9,13H,2-5,8,10-11H2,1H3,(H,20,21). The molecule has 1 aliphatic rings. The summed E-state index contributed by atoms with van der Waals surface area (Å²) in [7, 11) is 0. The summed E-state index contributed by atoms with van der Waals surface area (Å²) in [5.74, 6) is -0.455. The number of nitrogens with zero attached hydrogens (tertiary/aromatic N) is 2. The molecule has 2 heterocycles. The molecule has 5 heteroatoms. The lowest BCUT2D eigenvalue weighted by Crippen LogP contribution is -2.38. The molecule has 0 radical (unpaired) electrons. The topological polar surface area (TPSA) is 70.5 Å². The summed E-state index contributed by atoms with van der Waals surface area (Å²) in [6.45, 7) is 4.34. The molecule has 21 heavy (non-hydrogen) atoms. The van der Waals surface area contributed by atoms with Crippen LogP contribution < -0.4 is 0 Å². The number of aromatic nitrogens is 1. The Bertz CT molecular complexity index is 516. The Labute approximate surface area is 125 Å². The largest absolute Gasteiger partial charge is 0.478 e. The molecule has 0 saturated carbocycles. The van der Waals surface area contributed by atoms with E-state index in [1.165, 1.54) is 12.3 Å². The molecule has 1 aromatic rings. The number of aromatic carboxylic acids is 1. The summed E-state index contributed by atoms with van der Waals surface area (Å²) in [5.41, 5.74) is 1.01. The minimum atomic E-state index is -0.937. The number of rotatable bonds is 6. The zero-order valence-corrected chi connectivity index (χ0v) is 12.4. The molecular weight excluding hydrogens is 268 g/mol. The second-order valence-electron chi connectivity index (χ2n) is 5.63. The van der Waals surface area contributed by atoms with Crippen LogP contribution in [0.15, 0.2) is 18.3 Å². The lowest BCUT2D eigenvalue weighted by Gasteiger charge is -2.31. The maximum absolute atomic E-state index is 12.0. The van der Waals surface area contributed by atoms with Crippen LogP contribution in [0.5, 0.6) is 0 Å². The maximum Gasteiger partial charge on any atom is 0.335 e. The minimum Gasteiger partial charge on any atom is -0.478 e. The number of Topliss-reactive ketones (excluding diaryl/α,β-unsaturated/α-hetero) is 1. The van der Waals surface area contributed by atoms with Gasteiger partial charge in [0.15, 0.2) is 0 Å². The SMILES string of the molecule is CCCC(=O)C1CCCN(Cc2cc(C(=O)O)ccn2)C1. The fourth-order valence-corrected chi connectivity index (χ4v) is 2.84. The Hall–Kier alpha value is -1.75. The van der Waals surface area contributed by atoms with Gasteiger partial charge >= 0.3 is 5.97 Å². The average molecular weight is 290 g/mol. The molecule has 1 aromatic heterocycles. The van der Waals surface area contributed by atoms with Crippen molar-refractivity contribution < 1.29 is 14.7 Å². The van der Waals surface area contributed by atoms with E-state index in [2.05, 4.69) is 9.88 Å². The Kier molecular flexibility index (Phi) is 5.44. The van der Waals surface area contributed by atoms with Crippen LogP contribution in [0, 0.1) is 5.92 Å².